The van der Waals surface area contributed by atoms with Crippen LogP contribution in [0.15, 0.2) is 39.7 Å². The predicted molar refractivity (Wildman–Crippen MR) is 57.8 cm³/mol. The summed E-state index contributed by atoms with van der Waals surface area (Å²) in [5.41, 5.74) is 1.05. The Morgan fingerprint density at radius 3 is 3.00 bits per heavy atom. The van der Waals surface area contributed by atoms with Crippen molar-refractivity contribution in [1.82, 2.24) is 4.57 Å². The van der Waals surface area contributed by atoms with E-state index in [1.54, 1.807) is 16.8 Å². The average molecular weight is 242 g/mol. The van der Waals surface area contributed by atoms with Gasteiger partial charge in [0.15, 0.2) is 0 Å². The van der Waals surface area contributed by atoms with Crippen LogP contribution in [0.4, 0.5) is 0 Å². The van der Waals surface area contributed by atoms with Gasteiger partial charge in [-0.05, 0) is 34.5 Å². The lowest BCUT2D eigenvalue weighted by molar-refractivity contribution is 0.724. The molecule has 0 aliphatic rings. The highest BCUT2D eigenvalue weighted by atomic mass is 79.9. The monoisotopic (exact) mass is 241 g/mol. The van der Waals surface area contributed by atoms with Gasteiger partial charge in [-0.25, -0.2) is 0 Å². The summed E-state index contributed by atoms with van der Waals surface area (Å²) in [5, 5.41) is 0. The first-order valence-electron chi connectivity index (χ1n) is 4.16. The van der Waals surface area contributed by atoms with Crippen molar-refractivity contribution in [3.05, 3.63) is 45.3 Å². The van der Waals surface area contributed by atoms with Crippen LogP contribution in [0.5, 0.6) is 0 Å². The van der Waals surface area contributed by atoms with Crippen molar-refractivity contribution in [2.75, 3.05) is 0 Å². The van der Waals surface area contributed by atoms with Gasteiger partial charge >= 0.3 is 0 Å². The Kier molecular flexibility index (Phi) is 3.48. The highest BCUT2D eigenvalue weighted by Gasteiger charge is 1.99. The van der Waals surface area contributed by atoms with Crippen molar-refractivity contribution in [1.29, 1.82) is 0 Å². The van der Waals surface area contributed by atoms with Crippen LogP contribution in [0.2, 0.25) is 0 Å². The maximum absolute atomic E-state index is 11.5. The minimum absolute atomic E-state index is 0.00269. The molecule has 70 valence electrons. The third kappa shape index (κ3) is 2.56. The van der Waals surface area contributed by atoms with E-state index in [4.69, 9.17) is 0 Å². The fraction of sp³-hybridized carbons (Fsp3) is 0.300. The van der Waals surface area contributed by atoms with Gasteiger partial charge in [0.05, 0.1) is 4.47 Å². The molecule has 1 aromatic rings. The molecule has 0 bridgehead atoms. The molecule has 1 heterocycles. The van der Waals surface area contributed by atoms with E-state index < -0.39 is 0 Å². The fourth-order valence-electron chi connectivity index (χ4n) is 0.985. The van der Waals surface area contributed by atoms with Crippen LogP contribution >= 0.6 is 15.9 Å². The average Bonchev–Trinajstić information content (AvgIpc) is 2.13. The first-order chi connectivity index (χ1) is 6.15. The Bertz CT molecular complexity index is 367. The number of hydrogen-bond donors (Lipinski definition) is 0. The van der Waals surface area contributed by atoms with Crippen LogP contribution in [0, 0.1) is 0 Å². The van der Waals surface area contributed by atoms with E-state index in [1.807, 2.05) is 13.0 Å². The highest BCUT2D eigenvalue weighted by Crippen LogP contribution is 2.03. The van der Waals surface area contributed by atoms with Crippen LogP contribution in [-0.2, 0) is 6.54 Å². The van der Waals surface area contributed by atoms with E-state index in [0.29, 0.717) is 11.0 Å². The lowest BCUT2D eigenvalue weighted by Gasteiger charge is -2.06. The van der Waals surface area contributed by atoms with Crippen molar-refractivity contribution >= 4 is 15.9 Å². The maximum Gasteiger partial charge on any atom is 0.265 e. The fourth-order valence-corrected chi connectivity index (χ4v) is 1.37. The molecule has 0 aliphatic heterocycles. The largest absolute Gasteiger partial charge is 0.310 e. The van der Waals surface area contributed by atoms with E-state index in [9.17, 15) is 4.79 Å². The molecule has 0 aromatic carbocycles. The second-order valence-corrected chi connectivity index (χ2v) is 3.75. The maximum atomic E-state index is 11.5. The lowest BCUT2D eigenvalue weighted by atomic mass is 10.2. The number of hydrogen-bond acceptors (Lipinski definition) is 1. The SMILES string of the molecule is C=C(CC)Cn1cccc(Br)c1=O. The zero-order valence-electron chi connectivity index (χ0n) is 7.59. The zero-order valence-corrected chi connectivity index (χ0v) is 9.17. The summed E-state index contributed by atoms with van der Waals surface area (Å²) >= 11 is 3.19. The molecule has 3 heteroatoms. The summed E-state index contributed by atoms with van der Waals surface area (Å²) in [6.45, 7) is 6.50. The normalized spacial score (nSPS) is 10.0. The lowest BCUT2D eigenvalue weighted by Crippen LogP contribution is -2.20. The molecule has 0 unspecified atom stereocenters. The molecule has 0 spiro atoms. The Morgan fingerprint density at radius 2 is 2.38 bits per heavy atom. The molecular weight excluding hydrogens is 230 g/mol. The van der Waals surface area contributed by atoms with E-state index in [2.05, 4.69) is 22.5 Å². The van der Waals surface area contributed by atoms with Crippen molar-refractivity contribution in [2.45, 2.75) is 19.9 Å². The van der Waals surface area contributed by atoms with Crippen molar-refractivity contribution in [3.8, 4) is 0 Å². The summed E-state index contributed by atoms with van der Waals surface area (Å²) in [6.07, 6.45) is 2.67. The number of aromatic nitrogens is 1. The van der Waals surface area contributed by atoms with Gasteiger partial charge in [-0.1, -0.05) is 19.1 Å². The first kappa shape index (κ1) is 10.3. The Labute approximate surface area is 86.0 Å². The zero-order chi connectivity index (χ0) is 9.84. The molecule has 1 aromatic heterocycles. The van der Waals surface area contributed by atoms with Crippen LogP contribution in [0.25, 0.3) is 0 Å². The molecule has 0 amide bonds. The van der Waals surface area contributed by atoms with Gasteiger partial charge in [0, 0.05) is 12.7 Å². The first-order valence-corrected chi connectivity index (χ1v) is 4.96. The van der Waals surface area contributed by atoms with Gasteiger partial charge in [-0.3, -0.25) is 4.79 Å². The molecule has 2 nitrogen and oxygen atoms in total. The van der Waals surface area contributed by atoms with Gasteiger partial charge < -0.3 is 4.57 Å². The van der Waals surface area contributed by atoms with E-state index >= 15 is 0 Å². The molecule has 0 aliphatic carbocycles. The Hall–Kier alpha value is -0.830. The van der Waals surface area contributed by atoms with Crippen LogP contribution < -0.4 is 5.56 Å². The number of nitrogens with zero attached hydrogens (tertiary/aromatic N) is 1. The summed E-state index contributed by atoms with van der Waals surface area (Å²) in [4.78, 5) is 11.5. The van der Waals surface area contributed by atoms with Crippen molar-refractivity contribution < 1.29 is 0 Å². The van der Waals surface area contributed by atoms with Gasteiger partial charge in [0.1, 0.15) is 0 Å². The standard InChI is InChI=1S/C10H12BrNO/c1-3-8(2)7-12-6-4-5-9(11)10(12)13/h4-6H,2-3,7H2,1H3. The smallest absolute Gasteiger partial charge is 0.265 e. The molecule has 0 N–H and O–H groups in total. The van der Waals surface area contributed by atoms with Gasteiger partial charge in [0.25, 0.3) is 5.56 Å². The molecule has 0 fully saturated rings. The van der Waals surface area contributed by atoms with Crippen LogP contribution in [-0.4, -0.2) is 4.57 Å². The van der Waals surface area contributed by atoms with E-state index in [1.165, 1.54) is 0 Å². The number of pyridine rings is 1. The summed E-state index contributed by atoms with van der Waals surface area (Å²) < 4.78 is 2.24. The number of allylic oxidation sites excluding steroid dienone is 1. The Balaban J connectivity index is 2.96. The van der Waals surface area contributed by atoms with Crippen LogP contribution in [0.1, 0.15) is 13.3 Å². The summed E-state index contributed by atoms with van der Waals surface area (Å²) in [7, 11) is 0. The van der Waals surface area contributed by atoms with Gasteiger partial charge in [-0.15, -0.1) is 0 Å². The quantitative estimate of drug-likeness (QED) is 0.746. The number of halogens is 1. The van der Waals surface area contributed by atoms with Crippen LogP contribution in [0.3, 0.4) is 0 Å². The van der Waals surface area contributed by atoms with Crippen molar-refractivity contribution in [2.24, 2.45) is 0 Å². The summed E-state index contributed by atoms with van der Waals surface area (Å²) in [5.74, 6) is 0. The third-order valence-electron chi connectivity index (χ3n) is 1.87. The Morgan fingerprint density at radius 1 is 1.69 bits per heavy atom. The second-order valence-electron chi connectivity index (χ2n) is 2.89. The van der Waals surface area contributed by atoms with E-state index in [0.717, 1.165) is 12.0 Å². The third-order valence-corrected chi connectivity index (χ3v) is 2.47. The molecule has 0 saturated heterocycles. The van der Waals surface area contributed by atoms with Gasteiger partial charge in [0.2, 0.25) is 0 Å². The minimum Gasteiger partial charge on any atom is -0.310 e. The van der Waals surface area contributed by atoms with E-state index in [-0.39, 0.29) is 5.56 Å². The number of rotatable bonds is 3. The highest BCUT2D eigenvalue weighted by molar-refractivity contribution is 9.10. The molecule has 0 atom stereocenters. The topological polar surface area (TPSA) is 22.0 Å². The van der Waals surface area contributed by atoms with Crippen molar-refractivity contribution in [3.63, 3.8) is 0 Å². The van der Waals surface area contributed by atoms with Gasteiger partial charge in [-0.2, -0.15) is 0 Å². The molecule has 0 radical (unpaired) electrons. The molecule has 1 rings (SSSR count). The molecular formula is C10H12BrNO. The molecule has 13 heavy (non-hydrogen) atoms. The molecule has 0 saturated carbocycles. The predicted octanol–water partition coefficient (Wildman–Crippen LogP) is 2.58. The second kappa shape index (κ2) is 4.42. The minimum atomic E-state index is -0.00269. The summed E-state index contributed by atoms with van der Waals surface area (Å²) in [6, 6.07) is 3.59.